The van der Waals surface area contributed by atoms with Crippen molar-refractivity contribution in [1.29, 1.82) is 0 Å². The lowest BCUT2D eigenvalue weighted by molar-refractivity contribution is -0.137. The van der Waals surface area contributed by atoms with Crippen LogP contribution in [0.4, 0.5) is 0 Å². The minimum absolute atomic E-state index is 0.262. The number of carbonyl (C=O) groups is 1. The van der Waals surface area contributed by atoms with Crippen LogP contribution in [0.1, 0.15) is 43.2 Å². The van der Waals surface area contributed by atoms with E-state index in [1.165, 1.54) is 11.1 Å². The van der Waals surface area contributed by atoms with Crippen molar-refractivity contribution in [3.8, 4) is 0 Å². The lowest BCUT2D eigenvalue weighted by Gasteiger charge is -2.08. The first kappa shape index (κ1) is 16.0. The predicted molar refractivity (Wildman–Crippen MR) is 88.5 cm³/mol. The van der Waals surface area contributed by atoms with Gasteiger partial charge in [-0.25, -0.2) is 0 Å². The van der Waals surface area contributed by atoms with Gasteiger partial charge in [-0.15, -0.1) is 0 Å². The van der Waals surface area contributed by atoms with Gasteiger partial charge in [0, 0.05) is 24.4 Å². The summed E-state index contributed by atoms with van der Waals surface area (Å²) < 4.78 is 0. The second-order valence-corrected chi connectivity index (χ2v) is 5.22. The third kappa shape index (κ3) is 5.17. The van der Waals surface area contributed by atoms with Gasteiger partial charge >= 0.3 is 5.97 Å². The van der Waals surface area contributed by atoms with Crippen LogP contribution in [0.25, 0.3) is 5.57 Å². The molecule has 2 aromatic rings. The van der Waals surface area contributed by atoms with E-state index < -0.39 is 5.97 Å². The minimum Gasteiger partial charge on any atom is -0.481 e. The Morgan fingerprint density at radius 1 is 1.00 bits per heavy atom. The molecule has 3 nitrogen and oxygen atoms in total. The zero-order chi connectivity index (χ0) is 15.6. The predicted octanol–water partition coefficient (Wildman–Crippen LogP) is 4.55. The number of rotatable bonds is 8. The fraction of sp³-hybridized carbons (Fsp3) is 0.263. The number of unbranched alkanes of at least 4 members (excludes halogenated alkanes) is 3. The monoisotopic (exact) mass is 295 g/mol. The highest BCUT2D eigenvalue weighted by Gasteiger charge is 2.04. The molecule has 2 rings (SSSR count). The molecule has 1 N–H and O–H groups in total. The number of nitrogens with zero attached hydrogens (tertiary/aromatic N) is 1. The molecular weight excluding hydrogens is 274 g/mol. The average molecular weight is 295 g/mol. The Morgan fingerprint density at radius 2 is 1.77 bits per heavy atom. The van der Waals surface area contributed by atoms with Gasteiger partial charge in [-0.05, 0) is 36.5 Å². The highest BCUT2D eigenvalue weighted by atomic mass is 16.4. The van der Waals surface area contributed by atoms with Gasteiger partial charge in [-0.2, -0.15) is 0 Å². The van der Waals surface area contributed by atoms with Crippen molar-refractivity contribution in [2.75, 3.05) is 0 Å². The van der Waals surface area contributed by atoms with Gasteiger partial charge in [0.1, 0.15) is 0 Å². The van der Waals surface area contributed by atoms with Gasteiger partial charge in [0.15, 0.2) is 0 Å². The first-order valence-corrected chi connectivity index (χ1v) is 7.65. The molecule has 0 bridgehead atoms. The zero-order valence-corrected chi connectivity index (χ0v) is 12.6. The van der Waals surface area contributed by atoms with Crippen LogP contribution in [0, 0.1) is 0 Å². The van der Waals surface area contributed by atoms with Gasteiger partial charge in [0.05, 0.1) is 0 Å². The van der Waals surface area contributed by atoms with Gasteiger partial charge in [0.25, 0.3) is 0 Å². The van der Waals surface area contributed by atoms with E-state index in [1.807, 2.05) is 30.5 Å². The lowest BCUT2D eigenvalue weighted by Crippen LogP contribution is -1.93. The number of pyridine rings is 1. The van der Waals surface area contributed by atoms with E-state index in [4.69, 9.17) is 5.11 Å². The highest BCUT2D eigenvalue weighted by molar-refractivity contribution is 5.79. The molecule has 1 heterocycles. The van der Waals surface area contributed by atoms with E-state index in [-0.39, 0.29) is 6.42 Å². The Hall–Kier alpha value is -2.42. The maximum atomic E-state index is 10.5. The van der Waals surface area contributed by atoms with Crippen LogP contribution >= 0.6 is 0 Å². The number of allylic oxidation sites excluding steroid dienone is 1. The summed E-state index contributed by atoms with van der Waals surface area (Å²) in [6.45, 7) is 0. The van der Waals surface area contributed by atoms with Crippen molar-refractivity contribution in [2.45, 2.75) is 32.1 Å². The Kier molecular flexibility index (Phi) is 6.37. The average Bonchev–Trinajstić information content (AvgIpc) is 2.55. The van der Waals surface area contributed by atoms with Gasteiger partial charge < -0.3 is 5.11 Å². The van der Waals surface area contributed by atoms with Crippen LogP contribution in [-0.4, -0.2) is 16.1 Å². The number of aromatic nitrogens is 1. The van der Waals surface area contributed by atoms with Crippen molar-refractivity contribution < 1.29 is 9.90 Å². The molecular formula is C19H21NO2. The molecule has 22 heavy (non-hydrogen) atoms. The summed E-state index contributed by atoms with van der Waals surface area (Å²) in [6.07, 6.45) is 9.78. The number of hydrogen-bond donors (Lipinski definition) is 1. The molecule has 1 aromatic heterocycles. The van der Waals surface area contributed by atoms with Crippen LogP contribution in [0.15, 0.2) is 60.9 Å². The van der Waals surface area contributed by atoms with Crippen molar-refractivity contribution >= 4 is 11.5 Å². The summed E-state index contributed by atoms with van der Waals surface area (Å²) in [7, 11) is 0. The van der Waals surface area contributed by atoms with E-state index in [0.717, 1.165) is 31.2 Å². The zero-order valence-electron chi connectivity index (χ0n) is 12.6. The number of carboxylic acid groups (broad SMARTS) is 1. The first-order chi connectivity index (χ1) is 10.8. The van der Waals surface area contributed by atoms with Gasteiger partial charge in [-0.1, -0.05) is 48.9 Å². The SMILES string of the molecule is O=C(O)CCCCC/C=C(\c1ccccc1)c1cccnc1. The minimum atomic E-state index is -0.712. The molecule has 0 spiro atoms. The molecule has 0 fully saturated rings. The summed E-state index contributed by atoms with van der Waals surface area (Å²) in [5.74, 6) is -0.712. The number of aliphatic carboxylic acids is 1. The fourth-order valence-electron chi connectivity index (χ4n) is 2.39. The number of hydrogen-bond acceptors (Lipinski definition) is 2. The molecule has 0 atom stereocenters. The van der Waals surface area contributed by atoms with Crippen molar-refractivity contribution in [3.63, 3.8) is 0 Å². The second kappa shape index (κ2) is 8.78. The smallest absolute Gasteiger partial charge is 0.303 e. The third-order valence-electron chi connectivity index (χ3n) is 3.50. The Balaban J connectivity index is 2.02. The molecule has 0 aliphatic heterocycles. The standard InChI is InChI=1S/C19H21NO2/c21-19(22)13-7-2-1-6-12-18(16-9-4-3-5-10-16)17-11-8-14-20-15-17/h3-5,8-12,14-15H,1-2,6-7,13H2,(H,21,22)/b18-12+. The molecule has 0 saturated carbocycles. The molecule has 0 aliphatic carbocycles. The molecule has 0 unspecified atom stereocenters. The van der Waals surface area contributed by atoms with E-state index in [0.29, 0.717) is 0 Å². The van der Waals surface area contributed by atoms with Gasteiger partial charge in [0.2, 0.25) is 0 Å². The summed E-state index contributed by atoms with van der Waals surface area (Å²) in [4.78, 5) is 14.7. The van der Waals surface area contributed by atoms with Crippen LogP contribution in [0.5, 0.6) is 0 Å². The molecule has 0 amide bonds. The quantitative estimate of drug-likeness (QED) is 0.727. The molecule has 3 heteroatoms. The third-order valence-corrected chi connectivity index (χ3v) is 3.50. The second-order valence-electron chi connectivity index (χ2n) is 5.22. The lowest BCUT2D eigenvalue weighted by atomic mass is 9.97. The van der Waals surface area contributed by atoms with Crippen LogP contribution in [0.2, 0.25) is 0 Å². The van der Waals surface area contributed by atoms with Crippen LogP contribution < -0.4 is 0 Å². The molecule has 0 saturated heterocycles. The topological polar surface area (TPSA) is 50.2 Å². The molecule has 114 valence electrons. The number of benzene rings is 1. The van der Waals surface area contributed by atoms with E-state index >= 15 is 0 Å². The summed E-state index contributed by atoms with van der Waals surface area (Å²) >= 11 is 0. The molecule has 1 aromatic carbocycles. The Morgan fingerprint density at radius 3 is 2.45 bits per heavy atom. The maximum Gasteiger partial charge on any atom is 0.303 e. The highest BCUT2D eigenvalue weighted by Crippen LogP contribution is 2.23. The van der Waals surface area contributed by atoms with Crippen molar-refractivity contribution in [1.82, 2.24) is 4.98 Å². The Labute approximate surface area is 131 Å². The largest absolute Gasteiger partial charge is 0.481 e. The van der Waals surface area contributed by atoms with Crippen LogP contribution in [-0.2, 0) is 4.79 Å². The van der Waals surface area contributed by atoms with E-state index in [1.54, 1.807) is 6.20 Å². The number of carboxylic acids is 1. The Bertz CT molecular complexity index is 564. The summed E-state index contributed by atoms with van der Waals surface area (Å²) in [5.41, 5.74) is 3.48. The fourth-order valence-corrected chi connectivity index (χ4v) is 2.39. The summed E-state index contributed by atoms with van der Waals surface area (Å²) in [5, 5.41) is 8.64. The molecule has 0 radical (unpaired) electrons. The molecule has 0 aliphatic rings. The van der Waals surface area contributed by atoms with Crippen molar-refractivity contribution in [2.24, 2.45) is 0 Å². The first-order valence-electron chi connectivity index (χ1n) is 7.65. The summed E-state index contributed by atoms with van der Waals surface area (Å²) in [6, 6.07) is 14.3. The van der Waals surface area contributed by atoms with E-state index in [9.17, 15) is 4.79 Å². The van der Waals surface area contributed by atoms with Gasteiger partial charge in [-0.3, -0.25) is 9.78 Å². The maximum absolute atomic E-state index is 10.5. The van der Waals surface area contributed by atoms with Crippen LogP contribution in [0.3, 0.4) is 0 Å². The van der Waals surface area contributed by atoms with E-state index in [2.05, 4.69) is 29.3 Å². The normalized spacial score (nSPS) is 11.4. The van der Waals surface area contributed by atoms with Crippen molar-refractivity contribution in [3.05, 3.63) is 72.1 Å².